The van der Waals surface area contributed by atoms with E-state index in [2.05, 4.69) is 15.1 Å². The molecule has 1 aliphatic rings. The molecule has 1 aromatic carbocycles. The fourth-order valence-electron chi connectivity index (χ4n) is 2.39. The van der Waals surface area contributed by atoms with Crippen molar-refractivity contribution in [3.05, 3.63) is 34.5 Å². The van der Waals surface area contributed by atoms with Gasteiger partial charge in [0.25, 0.3) is 5.69 Å². The SMILES string of the molecule is N[C@@H]1CCN(c2nncc3cc([N+](=O)[O-])ccc23)C1. The van der Waals surface area contributed by atoms with Crippen LogP contribution in [0.25, 0.3) is 10.8 Å². The van der Waals surface area contributed by atoms with Gasteiger partial charge in [-0.25, -0.2) is 0 Å². The number of nitro groups is 1. The second kappa shape index (κ2) is 4.43. The predicted molar refractivity (Wildman–Crippen MR) is 71.0 cm³/mol. The van der Waals surface area contributed by atoms with Gasteiger partial charge in [0.1, 0.15) is 0 Å². The van der Waals surface area contributed by atoms with Crippen LogP contribution in [0.1, 0.15) is 6.42 Å². The zero-order chi connectivity index (χ0) is 13.4. The Kier molecular flexibility index (Phi) is 2.75. The Morgan fingerprint density at radius 3 is 3.00 bits per heavy atom. The van der Waals surface area contributed by atoms with Gasteiger partial charge in [-0.3, -0.25) is 10.1 Å². The number of nitro benzene ring substituents is 1. The highest BCUT2D eigenvalue weighted by atomic mass is 16.6. The van der Waals surface area contributed by atoms with Crippen molar-refractivity contribution in [2.24, 2.45) is 5.73 Å². The summed E-state index contributed by atoms with van der Waals surface area (Å²) in [6.45, 7) is 1.58. The van der Waals surface area contributed by atoms with Gasteiger partial charge >= 0.3 is 0 Å². The summed E-state index contributed by atoms with van der Waals surface area (Å²) < 4.78 is 0. The Bertz CT molecular complexity index is 645. The lowest BCUT2D eigenvalue weighted by atomic mass is 10.1. The normalized spacial score (nSPS) is 19.0. The molecule has 7 nitrogen and oxygen atoms in total. The summed E-state index contributed by atoms with van der Waals surface area (Å²) >= 11 is 0. The van der Waals surface area contributed by atoms with Crippen LogP contribution in [0.3, 0.4) is 0 Å². The maximum atomic E-state index is 10.8. The first kappa shape index (κ1) is 11.8. The van der Waals surface area contributed by atoms with Gasteiger partial charge in [0.2, 0.25) is 0 Å². The van der Waals surface area contributed by atoms with Crippen molar-refractivity contribution in [1.29, 1.82) is 0 Å². The maximum Gasteiger partial charge on any atom is 0.270 e. The highest BCUT2D eigenvalue weighted by molar-refractivity contribution is 5.92. The van der Waals surface area contributed by atoms with E-state index >= 15 is 0 Å². The topological polar surface area (TPSA) is 98.2 Å². The minimum absolute atomic E-state index is 0.0598. The summed E-state index contributed by atoms with van der Waals surface area (Å²) in [5.74, 6) is 0.750. The molecule has 2 aromatic rings. The number of aromatic nitrogens is 2. The van der Waals surface area contributed by atoms with E-state index in [0.29, 0.717) is 0 Å². The summed E-state index contributed by atoms with van der Waals surface area (Å²) in [6, 6.07) is 4.88. The molecule has 0 unspecified atom stereocenters. The van der Waals surface area contributed by atoms with Crippen molar-refractivity contribution >= 4 is 22.3 Å². The summed E-state index contributed by atoms with van der Waals surface area (Å²) in [4.78, 5) is 12.4. The van der Waals surface area contributed by atoms with Crippen LogP contribution in [0.15, 0.2) is 24.4 Å². The molecule has 0 spiro atoms. The molecule has 0 radical (unpaired) electrons. The lowest BCUT2D eigenvalue weighted by Crippen LogP contribution is -2.27. The predicted octanol–water partition coefficient (Wildman–Crippen LogP) is 1.08. The number of nitrogens with zero attached hydrogens (tertiary/aromatic N) is 4. The van der Waals surface area contributed by atoms with Crippen LogP contribution in [-0.2, 0) is 0 Å². The molecular formula is C12H13N5O2. The maximum absolute atomic E-state index is 10.8. The molecule has 0 saturated carbocycles. The first-order valence-corrected chi connectivity index (χ1v) is 6.05. The molecular weight excluding hydrogens is 246 g/mol. The number of hydrogen-bond donors (Lipinski definition) is 1. The highest BCUT2D eigenvalue weighted by Gasteiger charge is 2.22. The lowest BCUT2D eigenvalue weighted by molar-refractivity contribution is -0.384. The number of rotatable bonds is 2. The molecule has 1 aromatic heterocycles. The number of anilines is 1. The molecule has 2 heterocycles. The smallest absolute Gasteiger partial charge is 0.270 e. The van der Waals surface area contributed by atoms with Crippen molar-refractivity contribution < 1.29 is 4.92 Å². The average molecular weight is 259 g/mol. The highest BCUT2D eigenvalue weighted by Crippen LogP contribution is 2.28. The third kappa shape index (κ3) is 2.08. The lowest BCUT2D eigenvalue weighted by Gasteiger charge is -2.17. The molecule has 1 saturated heterocycles. The molecule has 0 bridgehead atoms. The van der Waals surface area contributed by atoms with Gasteiger partial charge in [0.15, 0.2) is 5.82 Å². The zero-order valence-electron chi connectivity index (χ0n) is 10.2. The number of nitrogens with two attached hydrogens (primary N) is 1. The van der Waals surface area contributed by atoms with Gasteiger partial charge in [-0.1, -0.05) is 0 Å². The van der Waals surface area contributed by atoms with Crippen LogP contribution >= 0.6 is 0 Å². The Balaban J connectivity index is 2.08. The van der Waals surface area contributed by atoms with Gasteiger partial charge in [-0.2, -0.15) is 5.10 Å². The van der Waals surface area contributed by atoms with Crippen LogP contribution in [0.2, 0.25) is 0 Å². The number of benzene rings is 1. The molecule has 0 aliphatic carbocycles. The second-order valence-electron chi connectivity index (χ2n) is 4.69. The Morgan fingerprint density at radius 1 is 1.47 bits per heavy atom. The summed E-state index contributed by atoms with van der Waals surface area (Å²) in [6.07, 6.45) is 2.47. The molecule has 1 aliphatic heterocycles. The molecule has 1 fully saturated rings. The first-order valence-electron chi connectivity index (χ1n) is 6.05. The van der Waals surface area contributed by atoms with E-state index in [9.17, 15) is 10.1 Å². The Morgan fingerprint density at radius 2 is 2.32 bits per heavy atom. The van der Waals surface area contributed by atoms with E-state index in [-0.39, 0.29) is 11.7 Å². The Labute approximate surface area is 109 Å². The van der Waals surface area contributed by atoms with Crippen LogP contribution in [0.5, 0.6) is 0 Å². The quantitative estimate of drug-likeness (QED) is 0.640. The fraction of sp³-hybridized carbons (Fsp3) is 0.333. The summed E-state index contributed by atoms with van der Waals surface area (Å²) in [5, 5.41) is 20.4. The van der Waals surface area contributed by atoms with Gasteiger partial charge in [-0.15, -0.1) is 5.10 Å². The minimum Gasteiger partial charge on any atom is -0.353 e. The molecule has 19 heavy (non-hydrogen) atoms. The van der Waals surface area contributed by atoms with Crippen LogP contribution in [0.4, 0.5) is 11.5 Å². The van der Waals surface area contributed by atoms with Crippen molar-refractivity contribution in [3.8, 4) is 0 Å². The van der Waals surface area contributed by atoms with E-state index in [1.165, 1.54) is 12.1 Å². The van der Waals surface area contributed by atoms with Crippen molar-refractivity contribution in [3.63, 3.8) is 0 Å². The summed E-state index contributed by atoms with van der Waals surface area (Å²) in [7, 11) is 0. The monoisotopic (exact) mass is 259 g/mol. The largest absolute Gasteiger partial charge is 0.353 e. The van der Waals surface area contributed by atoms with Crippen LogP contribution in [0, 0.1) is 10.1 Å². The van der Waals surface area contributed by atoms with E-state index < -0.39 is 4.92 Å². The van der Waals surface area contributed by atoms with Crippen molar-refractivity contribution in [2.75, 3.05) is 18.0 Å². The second-order valence-corrected chi connectivity index (χ2v) is 4.69. The molecule has 2 N–H and O–H groups in total. The van der Waals surface area contributed by atoms with Crippen LogP contribution in [-0.4, -0.2) is 34.3 Å². The van der Waals surface area contributed by atoms with Gasteiger partial charge < -0.3 is 10.6 Å². The average Bonchev–Trinajstić information content (AvgIpc) is 2.84. The molecule has 98 valence electrons. The third-order valence-corrected chi connectivity index (χ3v) is 3.36. The first-order chi connectivity index (χ1) is 9.15. The third-order valence-electron chi connectivity index (χ3n) is 3.36. The van der Waals surface area contributed by atoms with Gasteiger partial charge in [0.05, 0.1) is 11.1 Å². The molecule has 1 atom stereocenters. The number of non-ortho nitro benzene ring substituents is 1. The van der Waals surface area contributed by atoms with Crippen molar-refractivity contribution in [1.82, 2.24) is 10.2 Å². The molecule has 0 amide bonds. The fourth-order valence-corrected chi connectivity index (χ4v) is 2.39. The van der Waals surface area contributed by atoms with E-state index in [1.807, 2.05) is 0 Å². The van der Waals surface area contributed by atoms with Crippen molar-refractivity contribution in [2.45, 2.75) is 12.5 Å². The van der Waals surface area contributed by atoms with Gasteiger partial charge in [-0.05, 0) is 12.5 Å². The standard InChI is InChI=1S/C12H13N5O2/c13-9-3-4-16(7-9)12-11-2-1-10(17(18)19)5-8(11)6-14-15-12/h1-2,5-6,9H,3-4,7,13H2/t9-/m1/s1. The van der Waals surface area contributed by atoms with E-state index in [0.717, 1.165) is 36.1 Å². The summed E-state index contributed by atoms with van der Waals surface area (Å²) in [5.41, 5.74) is 5.95. The van der Waals surface area contributed by atoms with E-state index in [1.54, 1.807) is 12.3 Å². The Hall–Kier alpha value is -2.28. The molecule has 7 heteroatoms. The number of hydrogen-bond acceptors (Lipinski definition) is 6. The van der Waals surface area contributed by atoms with Crippen LogP contribution < -0.4 is 10.6 Å². The van der Waals surface area contributed by atoms with Gasteiger partial charge in [0, 0.05) is 42.0 Å². The zero-order valence-corrected chi connectivity index (χ0v) is 10.2. The molecule has 3 rings (SSSR count). The minimum atomic E-state index is -0.411. The van der Waals surface area contributed by atoms with E-state index in [4.69, 9.17) is 5.73 Å². The number of fused-ring (bicyclic) bond motifs is 1.